The van der Waals surface area contributed by atoms with Crippen molar-refractivity contribution in [1.82, 2.24) is 9.78 Å². The zero-order chi connectivity index (χ0) is 22.1. The minimum absolute atomic E-state index is 0.170. The van der Waals surface area contributed by atoms with Gasteiger partial charge in [-0.1, -0.05) is 35.9 Å². The molecule has 1 aliphatic rings. The van der Waals surface area contributed by atoms with Gasteiger partial charge in [0.05, 0.1) is 17.1 Å². The van der Waals surface area contributed by atoms with Gasteiger partial charge in [-0.25, -0.2) is 0 Å². The van der Waals surface area contributed by atoms with Gasteiger partial charge in [-0.3, -0.25) is 9.79 Å². The first-order valence-corrected chi connectivity index (χ1v) is 10.4. The summed E-state index contributed by atoms with van der Waals surface area (Å²) in [6.07, 6.45) is 1.78. The van der Waals surface area contributed by atoms with Crippen LogP contribution < -0.4 is 9.47 Å². The summed E-state index contributed by atoms with van der Waals surface area (Å²) in [5, 5.41) is 5.10. The van der Waals surface area contributed by atoms with Crippen molar-refractivity contribution in [2.45, 2.75) is 6.92 Å². The lowest BCUT2D eigenvalue weighted by atomic mass is 10.1. The lowest BCUT2D eigenvalue weighted by molar-refractivity contribution is 0.0923. The van der Waals surface area contributed by atoms with Crippen molar-refractivity contribution in [3.63, 3.8) is 0 Å². The van der Waals surface area contributed by atoms with E-state index in [0.29, 0.717) is 16.4 Å². The van der Waals surface area contributed by atoms with Crippen LogP contribution in [-0.2, 0) is 0 Å². The van der Waals surface area contributed by atoms with E-state index in [1.165, 1.54) is 11.6 Å². The van der Waals surface area contributed by atoms with Gasteiger partial charge in [0, 0.05) is 29.3 Å². The second-order valence-electron chi connectivity index (χ2n) is 7.27. The number of benzene rings is 3. The van der Waals surface area contributed by atoms with Crippen molar-refractivity contribution >= 4 is 29.4 Å². The summed E-state index contributed by atoms with van der Waals surface area (Å²) in [4.78, 5) is 16.7. The molecule has 0 spiro atoms. The van der Waals surface area contributed by atoms with Gasteiger partial charge in [0.15, 0.2) is 11.5 Å². The molecule has 0 unspecified atom stereocenters. The fourth-order valence-electron chi connectivity index (χ4n) is 3.48. The molecule has 1 aliphatic heterocycles. The van der Waals surface area contributed by atoms with Crippen LogP contribution in [0.15, 0.2) is 77.8 Å². The molecule has 7 heteroatoms. The Morgan fingerprint density at radius 1 is 1.00 bits per heavy atom. The Balaban J connectivity index is 1.40. The number of rotatable bonds is 4. The van der Waals surface area contributed by atoms with Gasteiger partial charge in [0.25, 0.3) is 0 Å². The van der Waals surface area contributed by atoms with Crippen LogP contribution in [0.2, 0.25) is 5.02 Å². The first kappa shape index (κ1) is 20.0. The highest BCUT2D eigenvalue weighted by Gasteiger charge is 2.15. The van der Waals surface area contributed by atoms with Crippen LogP contribution in [0.3, 0.4) is 0 Å². The van der Waals surface area contributed by atoms with Crippen LogP contribution in [0.25, 0.3) is 22.5 Å². The summed E-state index contributed by atoms with van der Waals surface area (Å²) < 4.78 is 12.1. The molecule has 5 rings (SSSR count). The molecule has 0 saturated heterocycles. The highest BCUT2D eigenvalue weighted by molar-refractivity contribution is 6.30. The molecule has 0 N–H and O–H groups in total. The zero-order valence-electron chi connectivity index (χ0n) is 17.2. The topological polar surface area (TPSA) is 65.7 Å². The first-order chi connectivity index (χ1) is 15.6. The second kappa shape index (κ2) is 8.32. The van der Waals surface area contributed by atoms with E-state index >= 15 is 0 Å². The summed E-state index contributed by atoms with van der Waals surface area (Å²) in [5.41, 5.74) is 4.82. The number of ether oxygens (including phenoxy) is 2. The minimum Gasteiger partial charge on any atom is -0.454 e. The Kier molecular flexibility index (Phi) is 5.21. The van der Waals surface area contributed by atoms with Crippen molar-refractivity contribution in [1.29, 1.82) is 0 Å². The van der Waals surface area contributed by atoms with Gasteiger partial charge in [0.2, 0.25) is 12.7 Å². The number of carbonyl (C=O) groups is 1. The lowest BCUT2D eigenvalue weighted by Crippen LogP contribution is -2.09. The van der Waals surface area contributed by atoms with Gasteiger partial charge < -0.3 is 9.47 Å². The van der Waals surface area contributed by atoms with Crippen LogP contribution in [0.1, 0.15) is 17.3 Å². The van der Waals surface area contributed by atoms with E-state index in [2.05, 4.69) is 10.1 Å². The fraction of sp³-hybridized carbons (Fsp3) is 0.0800. The van der Waals surface area contributed by atoms with E-state index in [0.717, 1.165) is 33.9 Å². The van der Waals surface area contributed by atoms with E-state index in [9.17, 15) is 4.79 Å². The molecule has 0 radical (unpaired) electrons. The molecule has 158 valence electrons. The summed E-state index contributed by atoms with van der Waals surface area (Å²) in [6, 6.07) is 22.6. The molecule has 1 aromatic heterocycles. The normalized spacial score (nSPS) is 12.4. The van der Waals surface area contributed by atoms with Crippen LogP contribution in [0.5, 0.6) is 11.5 Å². The highest BCUT2D eigenvalue weighted by Crippen LogP contribution is 2.32. The van der Waals surface area contributed by atoms with Crippen molar-refractivity contribution in [2.75, 3.05) is 6.79 Å². The van der Waals surface area contributed by atoms with Crippen LogP contribution in [0, 0.1) is 0 Å². The largest absolute Gasteiger partial charge is 0.454 e. The Morgan fingerprint density at radius 3 is 2.59 bits per heavy atom. The molecule has 0 saturated carbocycles. The smallest absolute Gasteiger partial charge is 0.244 e. The Morgan fingerprint density at radius 2 is 1.81 bits per heavy atom. The monoisotopic (exact) mass is 443 g/mol. The van der Waals surface area contributed by atoms with Crippen molar-refractivity contribution < 1.29 is 14.3 Å². The quantitative estimate of drug-likeness (QED) is 0.362. The molecule has 32 heavy (non-hydrogen) atoms. The standard InChI is InChI=1S/C25H18ClN3O3/c1-16(30)29-23(19-3-2-4-20(26)12-19)13-22(28-29)18-6-8-21(9-7-18)27-14-17-5-10-24-25(11-17)32-15-31-24/h2-14H,15H2,1H3. The average Bonchev–Trinajstić information content (AvgIpc) is 3.45. The van der Waals surface area contributed by atoms with Crippen molar-refractivity contribution in [3.8, 4) is 34.0 Å². The average molecular weight is 444 g/mol. The number of hydrogen-bond donors (Lipinski definition) is 0. The summed E-state index contributed by atoms with van der Waals surface area (Å²) >= 11 is 6.13. The molecule has 0 fully saturated rings. The molecule has 6 nitrogen and oxygen atoms in total. The van der Waals surface area contributed by atoms with E-state index in [4.69, 9.17) is 21.1 Å². The zero-order valence-corrected chi connectivity index (χ0v) is 17.9. The molecular formula is C25H18ClN3O3. The van der Waals surface area contributed by atoms with E-state index in [1.807, 2.05) is 66.7 Å². The predicted molar refractivity (Wildman–Crippen MR) is 124 cm³/mol. The summed E-state index contributed by atoms with van der Waals surface area (Å²) in [6.45, 7) is 1.73. The van der Waals surface area contributed by atoms with Gasteiger partial charge in [-0.2, -0.15) is 9.78 Å². The third-order valence-corrected chi connectivity index (χ3v) is 5.29. The Hall–Kier alpha value is -3.90. The number of aromatic nitrogens is 2. The third-order valence-electron chi connectivity index (χ3n) is 5.05. The molecule has 2 heterocycles. The number of halogens is 1. The fourth-order valence-corrected chi connectivity index (χ4v) is 3.67. The molecule has 0 bridgehead atoms. The number of hydrogen-bond acceptors (Lipinski definition) is 5. The Bertz CT molecular complexity index is 1340. The van der Waals surface area contributed by atoms with Crippen LogP contribution in [0.4, 0.5) is 5.69 Å². The van der Waals surface area contributed by atoms with Crippen LogP contribution >= 0.6 is 11.6 Å². The molecule has 3 aromatic carbocycles. The van der Waals surface area contributed by atoms with Crippen molar-refractivity contribution in [3.05, 3.63) is 83.4 Å². The minimum atomic E-state index is -0.170. The maximum absolute atomic E-state index is 12.1. The van der Waals surface area contributed by atoms with E-state index < -0.39 is 0 Å². The maximum atomic E-state index is 12.1. The Labute approximate surface area is 189 Å². The van der Waals surface area contributed by atoms with Crippen molar-refractivity contribution in [2.24, 2.45) is 4.99 Å². The van der Waals surface area contributed by atoms with Gasteiger partial charge in [-0.05, 0) is 54.1 Å². The first-order valence-electron chi connectivity index (χ1n) is 9.98. The summed E-state index contributed by atoms with van der Waals surface area (Å²) in [7, 11) is 0. The van der Waals surface area contributed by atoms with Crippen LogP contribution in [-0.4, -0.2) is 28.7 Å². The maximum Gasteiger partial charge on any atom is 0.244 e. The molecule has 4 aromatic rings. The summed E-state index contributed by atoms with van der Waals surface area (Å²) in [5.74, 6) is 1.30. The number of fused-ring (bicyclic) bond motifs is 1. The SMILES string of the molecule is CC(=O)n1nc(-c2ccc(N=Cc3ccc4c(c3)OCO4)cc2)cc1-c1cccc(Cl)c1. The van der Waals surface area contributed by atoms with Gasteiger partial charge >= 0.3 is 0 Å². The highest BCUT2D eigenvalue weighted by atomic mass is 35.5. The third kappa shape index (κ3) is 4.00. The number of carbonyl (C=O) groups excluding carboxylic acids is 1. The molecule has 0 amide bonds. The predicted octanol–water partition coefficient (Wildman–Crippen LogP) is 6.01. The van der Waals surface area contributed by atoms with Gasteiger partial charge in [-0.15, -0.1) is 0 Å². The van der Waals surface area contributed by atoms with E-state index in [-0.39, 0.29) is 12.7 Å². The number of nitrogens with zero attached hydrogens (tertiary/aromatic N) is 3. The second-order valence-corrected chi connectivity index (χ2v) is 7.71. The molecule has 0 aliphatic carbocycles. The van der Waals surface area contributed by atoms with Gasteiger partial charge in [0.1, 0.15) is 0 Å². The molecule has 0 atom stereocenters. The van der Waals surface area contributed by atoms with E-state index in [1.54, 1.807) is 12.3 Å². The molecular weight excluding hydrogens is 426 g/mol. The lowest BCUT2D eigenvalue weighted by Gasteiger charge is -2.03. The number of aliphatic imine (C=N–C) groups is 1.